The largest absolute Gasteiger partial charge is 0.254 e. The predicted octanol–water partition coefficient (Wildman–Crippen LogP) is 9.49. The summed E-state index contributed by atoms with van der Waals surface area (Å²) in [5.41, 5.74) is 9.57. The van der Waals surface area contributed by atoms with Gasteiger partial charge in [0.05, 0.1) is 22.2 Å². The fourth-order valence-corrected chi connectivity index (χ4v) is 5.84. The van der Waals surface area contributed by atoms with Gasteiger partial charge < -0.3 is 0 Å². The lowest BCUT2D eigenvalue weighted by atomic mass is 9.93. The lowest BCUT2D eigenvalue weighted by Crippen LogP contribution is -1.92. The van der Waals surface area contributed by atoms with E-state index in [1.807, 2.05) is 24.5 Å². The summed E-state index contributed by atoms with van der Waals surface area (Å²) in [6.07, 6.45) is 3.66. The summed E-state index contributed by atoms with van der Waals surface area (Å²) in [5.74, 6) is 0. The van der Waals surface area contributed by atoms with Crippen molar-refractivity contribution < 1.29 is 0 Å². The van der Waals surface area contributed by atoms with Crippen molar-refractivity contribution in [1.29, 1.82) is 0 Å². The van der Waals surface area contributed by atoms with Crippen molar-refractivity contribution in [1.82, 2.24) is 15.0 Å². The molecule has 8 rings (SSSR count). The van der Waals surface area contributed by atoms with Crippen molar-refractivity contribution in [3.63, 3.8) is 0 Å². The monoisotopic (exact) mass is 509 g/mol. The van der Waals surface area contributed by atoms with Crippen molar-refractivity contribution in [2.45, 2.75) is 0 Å². The van der Waals surface area contributed by atoms with Crippen LogP contribution in [0.4, 0.5) is 0 Å². The van der Waals surface area contributed by atoms with Gasteiger partial charge in [0.25, 0.3) is 0 Å². The molecule has 0 saturated carbocycles. The SMILES string of the molecule is c1ccc(-c2cc(-c3ccc(-c4cc5cccnc5c5ncccc45)cc3)nc3ccc4ccccc4c23)cc1. The summed E-state index contributed by atoms with van der Waals surface area (Å²) in [7, 11) is 0. The molecule has 186 valence electrons. The van der Waals surface area contributed by atoms with Gasteiger partial charge >= 0.3 is 0 Å². The van der Waals surface area contributed by atoms with E-state index in [2.05, 4.69) is 125 Å². The Kier molecular flexibility index (Phi) is 5.14. The molecule has 0 saturated heterocycles. The van der Waals surface area contributed by atoms with Crippen LogP contribution in [0.5, 0.6) is 0 Å². The summed E-state index contributed by atoms with van der Waals surface area (Å²) < 4.78 is 0. The molecule has 3 aromatic heterocycles. The van der Waals surface area contributed by atoms with E-state index in [0.717, 1.165) is 49.7 Å². The molecule has 0 spiro atoms. The van der Waals surface area contributed by atoms with Gasteiger partial charge in [0, 0.05) is 34.1 Å². The minimum Gasteiger partial charge on any atom is -0.254 e. The van der Waals surface area contributed by atoms with Crippen LogP contribution in [-0.4, -0.2) is 15.0 Å². The fraction of sp³-hybridized carbons (Fsp3) is 0. The molecule has 0 unspecified atom stereocenters. The number of pyridine rings is 3. The van der Waals surface area contributed by atoms with Crippen LogP contribution in [0, 0.1) is 0 Å². The molecule has 8 aromatic rings. The lowest BCUT2D eigenvalue weighted by molar-refractivity contribution is 1.37. The summed E-state index contributed by atoms with van der Waals surface area (Å²) in [6.45, 7) is 0. The van der Waals surface area contributed by atoms with Crippen LogP contribution in [0.2, 0.25) is 0 Å². The van der Waals surface area contributed by atoms with E-state index in [0.29, 0.717) is 0 Å². The summed E-state index contributed by atoms with van der Waals surface area (Å²) >= 11 is 0. The Morgan fingerprint density at radius 1 is 0.425 bits per heavy atom. The van der Waals surface area contributed by atoms with E-state index >= 15 is 0 Å². The van der Waals surface area contributed by atoms with Crippen molar-refractivity contribution in [2.24, 2.45) is 0 Å². The van der Waals surface area contributed by atoms with Crippen molar-refractivity contribution in [3.8, 4) is 33.5 Å². The third-order valence-corrected chi connectivity index (χ3v) is 7.74. The van der Waals surface area contributed by atoms with E-state index in [4.69, 9.17) is 4.98 Å². The minimum absolute atomic E-state index is 0.926. The van der Waals surface area contributed by atoms with Gasteiger partial charge in [-0.2, -0.15) is 0 Å². The van der Waals surface area contributed by atoms with E-state index in [1.54, 1.807) is 0 Å². The zero-order valence-electron chi connectivity index (χ0n) is 21.6. The third kappa shape index (κ3) is 3.63. The Labute approximate surface area is 231 Å². The molecule has 0 atom stereocenters. The highest BCUT2D eigenvalue weighted by Gasteiger charge is 2.14. The smallest absolute Gasteiger partial charge is 0.0970 e. The number of hydrogen-bond donors (Lipinski definition) is 0. The molecule has 3 heteroatoms. The lowest BCUT2D eigenvalue weighted by Gasteiger charge is -2.14. The average molecular weight is 510 g/mol. The van der Waals surface area contributed by atoms with Gasteiger partial charge in [-0.3, -0.25) is 9.97 Å². The van der Waals surface area contributed by atoms with Crippen LogP contribution in [0.25, 0.3) is 77.0 Å². The van der Waals surface area contributed by atoms with Gasteiger partial charge in [-0.15, -0.1) is 0 Å². The molecule has 0 radical (unpaired) electrons. The number of fused-ring (bicyclic) bond motifs is 6. The van der Waals surface area contributed by atoms with Crippen LogP contribution in [0.1, 0.15) is 0 Å². The summed E-state index contributed by atoms with van der Waals surface area (Å²) in [4.78, 5) is 14.4. The number of hydrogen-bond acceptors (Lipinski definition) is 3. The predicted molar refractivity (Wildman–Crippen MR) is 166 cm³/mol. The van der Waals surface area contributed by atoms with E-state index in [1.165, 1.54) is 27.3 Å². The molecule has 40 heavy (non-hydrogen) atoms. The highest BCUT2D eigenvalue weighted by molar-refractivity contribution is 6.14. The normalized spacial score (nSPS) is 11.5. The Morgan fingerprint density at radius 3 is 1.98 bits per heavy atom. The molecule has 3 nitrogen and oxygen atoms in total. The Balaban J connectivity index is 1.30. The topological polar surface area (TPSA) is 38.7 Å². The highest BCUT2D eigenvalue weighted by Crippen LogP contribution is 2.38. The maximum Gasteiger partial charge on any atom is 0.0970 e. The Morgan fingerprint density at radius 2 is 1.10 bits per heavy atom. The second kappa shape index (κ2) is 9.11. The first kappa shape index (κ1) is 22.6. The first-order chi connectivity index (χ1) is 19.8. The fourth-order valence-electron chi connectivity index (χ4n) is 5.84. The number of aromatic nitrogens is 3. The second-order valence-electron chi connectivity index (χ2n) is 10.1. The molecular formula is C37H23N3. The zero-order chi connectivity index (χ0) is 26.5. The average Bonchev–Trinajstić information content (AvgIpc) is 3.04. The second-order valence-corrected chi connectivity index (χ2v) is 10.1. The summed E-state index contributed by atoms with van der Waals surface area (Å²) in [6, 6.07) is 44.8. The van der Waals surface area contributed by atoms with Crippen molar-refractivity contribution in [3.05, 3.63) is 140 Å². The van der Waals surface area contributed by atoms with Gasteiger partial charge in [0.2, 0.25) is 0 Å². The maximum absolute atomic E-state index is 5.16. The number of nitrogens with zero attached hydrogens (tertiary/aromatic N) is 3. The molecule has 0 aliphatic heterocycles. The van der Waals surface area contributed by atoms with E-state index < -0.39 is 0 Å². The van der Waals surface area contributed by atoms with Gasteiger partial charge in [-0.05, 0) is 63.4 Å². The standard InChI is InChI=1S/C37H23N3/c1-2-8-24(9-3-1)32-23-34(40-33-19-18-25-10-4-5-12-29(25)35(32)33)27-16-14-26(15-17-27)31-22-28-11-6-20-38-36(28)37-30(31)13-7-21-39-37/h1-23H. The van der Waals surface area contributed by atoms with Gasteiger partial charge in [0.1, 0.15) is 0 Å². The van der Waals surface area contributed by atoms with Crippen LogP contribution in [0.3, 0.4) is 0 Å². The van der Waals surface area contributed by atoms with Crippen LogP contribution in [0.15, 0.2) is 140 Å². The Bertz CT molecular complexity index is 2200. The molecule has 3 heterocycles. The first-order valence-electron chi connectivity index (χ1n) is 13.4. The zero-order valence-corrected chi connectivity index (χ0v) is 21.6. The molecule has 0 aliphatic carbocycles. The van der Waals surface area contributed by atoms with Gasteiger partial charge in [-0.1, -0.05) is 97.1 Å². The van der Waals surface area contributed by atoms with Gasteiger partial charge in [0.15, 0.2) is 0 Å². The van der Waals surface area contributed by atoms with Crippen LogP contribution < -0.4 is 0 Å². The quantitative estimate of drug-likeness (QED) is 0.223. The molecule has 5 aromatic carbocycles. The maximum atomic E-state index is 5.16. The molecular weight excluding hydrogens is 486 g/mol. The van der Waals surface area contributed by atoms with E-state index in [9.17, 15) is 0 Å². The molecule has 0 bridgehead atoms. The highest BCUT2D eigenvalue weighted by atomic mass is 14.7. The molecule has 0 fully saturated rings. The van der Waals surface area contributed by atoms with Crippen LogP contribution >= 0.6 is 0 Å². The number of benzene rings is 5. The summed E-state index contributed by atoms with van der Waals surface area (Å²) in [5, 5.41) is 5.82. The van der Waals surface area contributed by atoms with Crippen molar-refractivity contribution >= 4 is 43.5 Å². The third-order valence-electron chi connectivity index (χ3n) is 7.74. The van der Waals surface area contributed by atoms with Crippen molar-refractivity contribution in [2.75, 3.05) is 0 Å². The molecule has 0 amide bonds. The van der Waals surface area contributed by atoms with Crippen LogP contribution in [-0.2, 0) is 0 Å². The number of rotatable bonds is 3. The van der Waals surface area contributed by atoms with E-state index in [-0.39, 0.29) is 0 Å². The minimum atomic E-state index is 0.926. The Hall–Kier alpha value is -5.41. The first-order valence-corrected chi connectivity index (χ1v) is 13.4. The van der Waals surface area contributed by atoms with Gasteiger partial charge in [-0.25, -0.2) is 4.98 Å². The molecule has 0 aliphatic rings. The molecule has 0 N–H and O–H groups in total.